The lowest BCUT2D eigenvalue weighted by atomic mass is 10.1. The summed E-state index contributed by atoms with van der Waals surface area (Å²) in [6, 6.07) is 17.0. The Morgan fingerprint density at radius 1 is 1.14 bits per heavy atom. The van der Waals surface area contributed by atoms with E-state index in [2.05, 4.69) is 10.4 Å². The molecule has 0 aliphatic carbocycles. The lowest BCUT2D eigenvalue weighted by Crippen LogP contribution is -2.37. The molecule has 0 radical (unpaired) electrons. The van der Waals surface area contributed by atoms with E-state index in [-0.39, 0.29) is 24.2 Å². The fraction of sp³-hybridized carbons (Fsp3) is 0.318. The summed E-state index contributed by atoms with van der Waals surface area (Å²) in [5.74, 6) is 0.844. The standard InChI is InChI=1S/C22H26N4O3/c1-4-16(2)23-21(27)15-25-20(14-17-10-6-5-7-11-17)24-26(22(25)28)18-12-8-9-13-19(18)29-3/h5-13,16H,4,14-15H2,1-3H3,(H,23,27). The van der Waals surface area contributed by atoms with Gasteiger partial charge in [-0.15, -0.1) is 5.10 Å². The molecule has 0 bridgehead atoms. The number of para-hydroxylation sites is 2. The summed E-state index contributed by atoms with van der Waals surface area (Å²) in [4.78, 5) is 25.6. The van der Waals surface area contributed by atoms with Gasteiger partial charge in [-0.1, -0.05) is 49.4 Å². The van der Waals surface area contributed by atoms with E-state index in [1.54, 1.807) is 19.2 Å². The Morgan fingerprint density at radius 3 is 2.52 bits per heavy atom. The van der Waals surface area contributed by atoms with Crippen LogP contribution in [-0.2, 0) is 17.8 Å². The van der Waals surface area contributed by atoms with Crippen LogP contribution in [0, 0.1) is 0 Å². The SMILES string of the molecule is CCC(C)NC(=O)Cn1c(Cc2ccccc2)nn(-c2ccccc2OC)c1=O. The molecule has 152 valence electrons. The van der Waals surface area contributed by atoms with Gasteiger partial charge in [-0.25, -0.2) is 4.79 Å². The number of benzene rings is 2. The molecule has 0 aliphatic rings. The maximum Gasteiger partial charge on any atom is 0.351 e. The lowest BCUT2D eigenvalue weighted by Gasteiger charge is -2.12. The maximum atomic E-state index is 13.2. The monoisotopic (exact) mass is 394 g/mol. The Hall–Kier alpha value is -3.35. The van der Waals surface area contributed by atoms with Gasteiger partial charge in [-0.05, 0) is 31.0 Å². The van der Waals surface area contributed by atoms with E-state index in [4.69, 9.17) is 4.74 Å². The van der Waals surface area contributed by atoms with Crippen LogP contribution in [0.2, 0.25) is 0 Å². The van der Waals surface area contributed by atoms with E-state index >= 15 is 0 Å². The van der Waals surface area contributed by atoms with Gasteiger partial charge in [0.25, 0.3) is 0 Å². The van der Waals surface area contributed by atoms with Crippen molar-refractivity contribution in [3.63, 3.8) is 0 Å². The van der Waals surface area contributed by atoms with Gasteiger partial charge in [0.15, 0.2) is 0 Å². The molecule has 0 fully saturated rings. The number of aromatic nitrogens is 3. The minimum atomic E-state index is -0.375. The second-order valence-electron chi connectivity index (χ2n) is 6.91. The van der Waals surface area contributed by atoms with Crippen LogP contribution in [0.4, 0.5) is 0 Å². The van der Waals surface area contributed by atoms with E-state index in [9.17, 15) is 9.59 Å². The molecular formula is C22H26N4O3. The number of carbonyl (C=O) groups is 1. The number of hydrogen-bond acceptors (Lipinski definition) is 4. The highest BCUT2D eigenvalue weighted by Crippen LogP contribution is 2.20. The average molecular weight is 394 g/mol. The molecule has 1 atom stereocenters. The number of hydrogen-bond donors (Lipinski definition) is 1. The Morgan fingerprint density at radius 2 is 1.83 bits per heavy atom. The van der Waals surface area contributed by atoms with Crippen molar-refractivity contribution in [1.29, 1.82) is 0 Å². The van der Waals surface area contributed by atoms with Gasteiger partial charge in [0.1, 0.15) is 23.8 Å². The van der Waals surface area contributed by atoms with Crippen molar-refractivity contribution in [3.8, 4) is 11.4 Å². The van der Waals surface area contributed by atoms with Crippen LogP contribution < -0.4 is 15.7 Å². The molecule has 3 rings (SSSR count). The van der Waals surface area contributed by atoms with Crippen LogP contribution in [0.25, 0.3) is 5.69 Å². The van der Waals surface area contributed by atoms with Gasteiger partial charge in [0, 0.05) is 12.5 Å². The van der Waals surface area contributed by atoms with Crippen LogP contribution in [0.15, 0.2) is 59.4 Å². The first-order valence-electron chi connectivity index (χ1n) is 9.68. The lowest BCUT2D eigenvalue weighted by molar-refractivity contribution is -0.122. The number of methoxy groups -OCH3 is 1. The molecule has 7 nitrogen and oxygen atoms in total. The zero-order valence-corrected chi connectivity index (χ0v) is 17.0. The molecule has 1 amide bonds. The Bertz CT molecular complexity index is 1020. The van der Waals surface area contributed by atoms with Crippen molar-refractivity contribution in [3.05, 3.63) is 76.5 Å². The molecule has 0 aliphatic heterocycles. The molecular weight excluding hydrogens is 368 g/mol. The van der Waals surface area contributed by atoms with Crippen molar-refractivity contribution in [1.82, 2.24) is 19.7 Å². The predicted octanol–water partition coefficient (Wildman–Crippen LogP) is 2.55. The molecule has 0 spiro atoms. The normalized spacial score (nSPS) is 11.8. The van der Waals surface area contributed by atoms with Crippen LogP contribution in [0.1, 0.15) is 31.7 Å². The Kier molecular flexibility index (Phi) is 6.49. The summed E-state index contributed by atoms with van der Waals surface area (Å²) >= 11 is 0. The van der Waals surface area contributed by atoms with Crippen molar-refractivity contribution >= 4 is 5.91 Å². The van der Waals surface area contributed by atoms with Crippen molar-refractivity contribution in [2.75, 3.05) is 7.11 Å². The summed E-state index contributed by atoms with van der Waals surface area (Å²) in [5, 5.41) is 7.45. The first-order valence-corrected chi connectivity index (χ1v) is 9.68. The van der Waals surface area contributed by atoms with E-state index < -0.39 is 0 Å². The molecule has 1 heterocycles. The highest BCUT2D eigenvalue weighted by molar-refractivity contribution is 5.76. The van der Waals surface area contributed by atoms with Gasteiger partial charge in [0.2, 0.25) is 5.91 Å². The number of nitrogens with one attached hydrogen (secondary N) is 1. The fourth-order valence-electron chi connectivity index (χ4n) is 3.03. The third-order valence-electron chi connectivity index (χ3n) is 4.78. The first kappa shape index (κ1) is 20.4. The molecule has 29 heavy (non-hydrogen) atoms. The first-order chi connectivity index (χ1) is 14.0. The van der Waals surface area contributed by atoms with E-state index in [1.807, 2.05) is 56.3 Å². The molecule has 1 aromatic heterocycles. The third kappa shape index (κ3) is 4.74. The topological polar surface area (TPSA) is 78.2 Å². The number of nitrogens with zero attached hydrogens (tertiary/aromatic N) is 3. The summed E-state index contributed by atoms with van der Waals surface area (Å²) in [5.41, 5.74) is 1.17. The van der Waals surface area contributed by atoms with E-state index in [0.29, 0.717) is 23.7 Å². The smallest absolute Gasteiger partial charge is 0.351 e. The molecule has 0 saturated heterocycles. The van der Waals surface area contributed by atoms with Crippen molar-refractivity contribution in [2.24, 2.45) is 0 Å². The van der Waals surface area contributed by atoms with E-state index in [0.717, 1.165) is 12.0 Å². The van der Waals surface area contributed by atoms with Gasteiger partial charge in [0.05, 0.1) is 7.11 Å². The quantitative estimate of drug-likeness (QED) is 0.637. The second-order valence-corrected chi connectivity index (χ2v) is 6.91. The van der Waals surface area contributed by atoms with Gasteiger partial charge in [-0.2, -0.15) is 4.68 Å². The average Bonchev–Trinajstić information content (AvgIpc) is 3.03. The molecule has 3 aromatic rings. The number of rotatable bonds is 8. The van der Waals surface area contributed by atoms with Crippen LogP contribution in [0.5, 0.6) is 5.75 Å². The minimum Gasteiger partial charge on any atom is -0.494 e. The molecule has 7 heteroatoms. The van der Waals surface area contributed by atoms with Crippen LogP contribution in [-0.4, -0.2) is 33.4 Å². The van der Waals surface area contributed by atoms with Crippen molar-refractivity contribution in [2.45, 2.75) is 39.3 Å². The zero-order chi connectivity index (χ0) is 20.8. The molecule has 1 unspecified atom stereocenters. The summed E-state index contributed by atoms with van der Waals surface area (Å²) < 4.78 is 8.11. The summed E-state index contributed by atoms with van der Waals surface area (Å²) in [6.07, 6.45) is 1.26. The highest BCUT2D eigenvalue weighted by atomic mass is 16.5. The largest absolute Gasteiger partial charge is 0.494 e. The van der Waals surface area contributed by atoms with Gasteiger partial charge in [-0.3, -0.25) is 9.36 Å². The Balaban J connectivity index is 2.03. The number of carbonyl (C=O) groups excluding carboxylic acids is 1. The fourth-order valence-corrected chi connectivity index (χ4v) is 3.03. The van der Waals surface area contributed by atoms with Gasteiger partial charge < -0.3 is 10.1 Å². The maximum absolute atomic E-state index is 13.2. The predicted molar refractivity (Wildman–Crippen MR) is 112 cm³/mol. The summed E-state index contributed by atoms with van der Waals surface area (Å²) in [7, 11) is 1.55. The highest BCUT2D eigenvalue weighted by Gasteiger charge is 2.19. The van der Waals surface area contributed by atoms with Crippen LogP contribution in [0.3, 0.4) is 0 Å². The zero-order valence-electron chi connectivity index (χ0n) is 17.0. The summed E-state index contributed by atoms with van der Waals surface area (Å²) in [6.45, 7) is 3.85. The minimum absolute atomic E-state index is 0.0417. The molecule has 1 N–H and O–H groups in total. The number of ether oxygens (including phenoxy) is 1. The third-order valence-corrected chi connectivity index (χ3v) is 4.78. The second kappa shape index (κ2) is 9.23. The number of amides is 1. The van der Waals surface area contributed by atoms with Crippen molar-refractivity contribution < 1.29 is 9.53 Å². The van der Waals surface area contributed by atoms with Gasteiger partial charge >= 0.3 is 5.69 Å². The molecule has 0 saturated carbocycles. The van der Waals surface area contributed by atoms with Crippen LogP contribution >= 0.6 is 0 Å². The Labute approximate surface area is 169 Å². The van der Waals surface area contributed by atoms with E-state index in [1.165, 1.54) is 9.25 Å². The molecule has 2 aromatic carbocycles.